The summed E-state index contributed by atoms with van der Waals surface area (Å²) in [6.45, 7) is 4.61. The average molecular weight is 1550 g/mol. The van der Waals surface area contributed by atoms with E-state index in [0.29, 0.717) is 32.1 Å². The van der Waals surface area contributed by atoms with Gasteiger partial charge >= 0.3 is 39.5 Å². The highest BCUT2D eigenvalue weighted by Gasteiger charge is 2.30. The highest BCUT2D eigenvalue weighted by molar-refractivity contribution is 7.47. The van der Waals surface area contributed by atoms with Crippen LogP contribution in [0.3, 0.4) is 0 Å². The monoisotopic (exact) mass is 1550 g/mol. The van der Waals surface area contributed by atoms with E-state index < -0.39 is 97.5 Å². The number of rotatable bonds is 78. The summed E-state index contributed by atoms with van der Waals surface area (Å²) in [5.74, 6) is -2.32. The maximum absolute atomic E-state index is 13.1. The number of phosphoric acid groups is 2. The van der Waals surface area contributed by atoms with Crippen LogP contribution in [-0.4, -0.2) is 96.7 Å². The molecule has 2 unspecified atom stereocenters. The number of hydrogen-bond donors (Lipinski definition) is 3. The molecule has 0 spiro atoms. The van der Waals surface area contributed by atoms with Gasteiger partial charge in [0.1, 0.15) is 19.3 Å². The van der Waals surface area contributed by atoms with Crippen molar-refractivity contribution < 1.29 is 80.2 Å². The molecule has 17 nitrogen and oxygen atoms in total. The number of allylic oxidation sites excluding steroid dienone is 24. The maximum Gasteiger partial charge on any atom is 0.472 e. The smallest absolute Gasteiger partial charge is 0.462 e. The molecule has 3 N–H and O–H groups in total. The number of aliphatic hydroxyl groups is 1. The van der Waals surface area contributed by atoms with Crippen molar-refractivity contribution in [2.24, 2.45) is 0 Å². The standard InChI is InChI=1S/C89H150O17P2/c1-5-9-13-17-21-25-29-33-37-39-41-43-47-50-54-58-62-66-70-74-87(92)100-80-84(105-88(93)75-71-67-63-59-55-51-46-36-32-28-24-20-16-12-8-4)81-103-107(95,96)101-77-83(90)78-102-108(97,98)104-82-85(79-99-86(91)73-69-65-61-57-53-49-45-35-31-27-23-19-15-11-7-3)106-89(94)76-72-68-64-60-56-52-48-44-42-40-38-34-30-26-22-18-14-10-6-2/h9,13,21-22,25-26,33-38,41-46,50,52,54,56,64,68,83-85,90H,5-8,10-12,14-20,23-24,27-32,39-40,47-49,51,53,55,57-63,65-67,69-82H2,1-4H3,(H,95,96)(H,97,98)/b13-9-,25-21-,26-22-,37-33-,38-34-,43-41-,44-42-,45-35-,46-36-,54-50-,56-52-,68-64-/t83-,84-,85-/m1/s1. The molecular formula is C89H150O17P2. The molecule has 618 valence electrons. The number of esters is 4. The third-order valence-electron chi connectivity index (χ3n) is 17.3. The Hall–Kier alpha value is -5.06. The Morgan fingerprint density at radius 2 is 0.500 bits per heavy atom. The summed E-state index contributed by atoms with van der Waals surface area (Å²) in [4.78, 5) is 73.1. The molecule has 0 saturated heterocycles. The Kier molecular flexibility index (Phi) is 76.3. The first-order chi connectivity index (χ1) is 52.7. The minimum atomic E-state index is -5.01. The van der Waals surface area contributed by atoms with Crippen molar-refractivity contribution in [3.63, 3.8) is 0 Å². The van der Waals surface area contributed by atoms with Crippen molar-refractivity contribution in [2.45, 2.75) is 354 Å². The van der Waals surface area contributed by atoms with Gasteiger partial charge in [-0.3, -0.25) is 37.3 Å². The van der Waals surface area contributed by atoms with Gasteiger partial charge in [0.25, 0.3) is 0 Å². The van der Waals surface area contributed by atoms with E-state index in [9.17, 15) is 43.2 Å². The van der Waals surface area contributed by atoms with Crippen LogP contribution in [0, 0.1) is 0 Å². The first-order valence-corrected chi connectivity index (χ1v) is 45.1. The molecule has 108 heavy (non-hydrogen) atoms. The van der Waals surface area contributed by atoms with Gasteiger partial charge in [-0.05, 0) is 161 Å². The summed E-state index contributed by atoms with van der Waals surface area (Å²) < 4.78 is 68.6. The summed E-state index contributed by atoms with van der Waals surface area (Å²) in [5, 5.41) is 10.7. The van der Waals surface area contributed by atoms with E-state index in [1.54, 1.807) is 0 Å². The predicted octanol–water partition coefficient (Wildman–Crippen LogP) is 25.0. The Labute approximate surface area is 656 Å². The van der Waals surface area contributed by atoms with Crippen LogP contribution in [0.5, 0.6) is 0 Å². The van der Waals surface area contributed by atoms with Crippen molar-refractivity contribution in [1.29, 1.82) is 0 Å². The number of aliphatic hydroxyl groups excluding tert-OH is 1. The van der Waals surface area contributed by atoms with Crippen LogP contribution in [0.4, 0.5) is 0 Å². The first-order valence-electron chi connectivity index (χ1n) is 42.1. The zero-order chi connectivity index (χ0) is 78.9. The largest absolute Gasteiger partial charge is 0.472 e. The Balaban J connectivity index is 5.48. The van der Waals surface area contributed by atoms with Gasteiger partial charge in [-0.15, -0.1) is 0 Å². The van der Waals surface area contributed by atoms with E-state index in [4.69, 9.17) is 37.0 Å². The molecule has 0 aliphatic heterocycles. The van der Waals surface area contributed by atoms with Crippen LogP contribution >= 0.6 is 15.6 Å². The topological polar surface area (TPSA) is 237 Å². The molecule has 0 aliphatic carbocycles. The second kappa shape index (κ2) is 80.0. The molecule has 0 bridgehead atoms. The van der Waals surface area contributed by atoms with E-state index in [0.717, 1.165) is 154 Å². The molecule has 5 atom stereocenters. The summed E-state index contributed by atoms with van der Waals surface area (Å²) in [7, 11) is -10.0. The second-order valence-corrected chi connectivity index (χ2v) is 30.6. The summed E-state index contributed by atoms with van der Waals surface area (Å²) >= 11 is 0. The van der Waals surface area contributed by atoms with Crippen LogP contribution < -0.4 is 0 Å². The molecule has 0 rings (SSSR count). The lowest BCUT2D eigenvalue weighted by molar-refractivity contribution is -0.161. The lowest BCUT2D eigenvalue weighted by Gasteiger charge is -2.21. The fourth-order valence-corrected chi connectivity index (χ4v) is 12.4. The molecule has 0 aliphatic rings. The predicted molar refractivity (Wildman–Crippen MR) is 445 cm³/mol. The number of hydrogen-bond acceptors (Lipinski definition) is 15. The van der Waals surface area contributed by atoms with Crippen LogP contribution in [0.2, 0.25) is 0 Å². The SMILES string of the molecule is CC/C=C\C/C=C\C/C=C\C/C=C\C/C=C\CCCCCC(=O)OC[C@H](COP(=O)(O)OC[C@@H](O)COP(=O)(O)OC[C@@H](COC(=O)CCCCCCC/C=C\CCCCCCCC)OC(=O)CC/C=C\C/C=C\C/C=C\C/C=C\C/C=C\CCCCC)OC(=O)CCCCCCC/C=C\CCCCCCCC. The normalized spacial score (nSPS) is 14.5. The number of ether oxygens (including phenoxy) is 4. The number of unbranched alkanes of at least 4 members (excludes halogenated alkanes) is 28. The molecule has 0 saturated carbocycles. The highest BCUT2D eigenvalue weighted by Crippen LogP contribution is 2.45. The molecule has 0 aromatic rings. The van der Waals surface area contributed by atoms with Crippen LogP contribution in [0.25, 0.3) is 0 Å². The molecule has 0 fully saturated rings. The van der Waals surface area contributed by atoms with Gasteiger partial charge < -0.3 is 33.8 Å². The van der Waals surface area contributed by atoms with E-state index >= 15 is 0 Å². The van der Waals surface area contributed by atoms with Gasteiger partial charge in [-0.2, -0.15) is 0 Å². The van der Waals surface area contributed by atoms with E-state index in [1.165, 1.54) is 96.3 Å². The molecule has 0 heterocycles. The lowest BCUT2D eigenvalue weighted by atomic mass is 10.1. The highest BCUT2D eigenvalue weighted by atomic mass is 31.2. The van der Waals surface area contributed by atoms with Crippen molar-refractivity contribution in [3.05, 3.63) is 146 Å². The quantitative estimate of drug-likeness (QED) is 0.0169. The van der Waals surface area contributed by atoms with Gasteiger partial charge in [0.15, 0.2) is 12.2 Å². The molecule has 0 aromatic heterocycles. The first kappa shape index (κ1) is 103. The zero-order valence-electron chi connectivity index (χ0n) is 67.7. The minimum absolute atomic E-state index is 0.0336. The van der Waals surface area contributed by atoms with E-state index in [2.05, 4.69) is 155 Å². The third kappa shape index (κ3) is 79.0. The minimum Gasteiger partial charge on any atom is -0.462 e. The Morgan fingerprint density at radius 3 is 0.833 bits per heavy atom. The van der Waals surface area contributed by atoms with Crippen molar-refractivity contribution in [3.8, 4) is 0 Å². The maximum atomic E-state index is 13.1. The Bertz CT molecular complexity index is 2610. The zero-order valence-corrected chi connectivity index (χ0v) is 69.5. The van der Waals surface area contributed by atoms with Crippen LogP contribution in [-0.2, 0) is 65.4 Å². The fourth-order valence-electron chi connectivity index (χ4n) is 10.9. The molecule has 19 heteroatoms. The number of phosphoric ester groups is 2. The van der Waals surface area contributed by atoms with Crippen molar-refractivity contribution >= 4 is 39.5 Å². The number of carbonyl (C=O) groups is 4. The van der Waals surface area contributed by atoms with Gasteiger partial charge in [0.2, 0.25) is 0 Å². The molecule has 0 aromatic carbocycles. The molecule has 0 amide bonds. The van der Waals surface area contributed by atoms with Gasteiger partial charge in [0, 0.05) is 25.7 Å². The number of carbonyl (C=O) groups excluding carboxylic acids is 4. The van der Waals surface area contributed by atoms with Crippen LogP contribution in [0.15, 0.2) is 146 Å². The second-order valence-electron chi connectivity index (χ2n) is 27.7. The van der Waals surface area contributed by atoms with Crippen LogP contribution in [0.1, 0.15) is 336 Å². The van der Waals surface area contributed by atoms with Crippen molar-refractivity contribution in [2.75, 3.05) is 39.6 Å². The summed E-state index contributed by atoms with van der Waals surface area (Å²) in [5.41, 5.74) is 0. The Morgan fingerprint density at radius 1 is 0.269 bits per heavy atom. The van der Waals surface area contributed by atoms with Gasteiger partial charge in [-0.1, -0.05) is 296 Å². The lowest BCUT2D eigenvalue weighted by Crippen LogP contribution is -2.30. The fraction of sp³-hybridized carbons (Fsp3) is 0.685. The molecule has 0 radical (unpaired) electrons. The van der Waals surface area contributed by atoms with E-state index in [-0.39, 0.29) is 25.7 Å². The van der Waals surface area contributed by atoms with E-state index in [1.807, 2.05) is 18.2 Å². The average Bonchev–Trinajstić information content (AvgIpc) is 0.914. The van der Waals surface area contributed by atoms with Crippen molar-refractivity contribution in [1.82, 2.24) is 0 Å². The summed E-state index contributed by atoms with van der Waals surface area (Å²) in [6.07, 6.45) is 92.6. The molecular weight excluding hydrogens is 1400 g/mol. The third-order valence-corrected chi connectivity index (χ3v) is 19.2. The van der Waals surface area contributed by atoms with Gasteiger partial charge in [-0.25, -0.2) is 9.13 Å². The van der Waals surface area contributed by atoms with Gasteiger partial charge in [0.05, 0.1) is 26.4 Å². The summed E-state index contributed by atoms with van der Waals surface area (Å²) in [6, 6.07) is 0.